The Labute approximate surface area is 81.9 Å². The van der Waals surface area contributed by atoms with E-state index in [0.29, 0.717) is 5.92 Å². The third-order valence-corrected chi connectivity index (χ3v) is 2.52. The van der Waals surface area contributed by atoms with Crippen LogP contribution in [-0.4, -0.2) is 7.11 Å². The Hall–Kier alpha value is -0.500. The van der Waals surface area contributed by atoms with Crippen LogP contribution >= 0.6 is 15.9 Å². The molecule has 0 amide bonds. The number of hydrogen-bond acceptors (Lipinski definition) is 1. The number of halogens is 1. The first-order chi connectivity index (χ1) is 5.65. The molecule has 2 heteroatoms. The first-order valence-corrected chi connectivity index (χ1v) is 4.78. The molecule has 0 aromatic heterocycles. The molecule has 1 nitrogen and oxygen atoms in total. The highest BCUT2D eigenvalue weighted by Gasteiger charge is 2.04. The molecule has 0 radical (unpaired) electrons. The second kappa shape index (κ2) is 3.94. The maximum Gasteiger partial charge on any atom is 0.120 e. The van der Waals surface area contributed by atoms with E-state index in [1.54, 1.807) is 7.11 Å². The minimum atomic E-state index is 0.547. The lowest BCUT2D eigenvalue weighted by Gasteiger charge is -2.09. The summed E-state index contributed by atoms with van der Waals surface area (Å²) in [6, 6.07) is 6.07. The summed E-state index contributed by atoms with van der Waals surface area (Å²) in [4.78, 5) is 0. The summed E-state index contributed by atoms with van der Waals surface area (Å²) in [7, 11) is 1.68. The number of hydrogen-bond donors (Lipinski definition) is 0. The van der Waals surface area contributed by atoms with Crippen LogP contribution in [0, 0.1) is 0 Å². The fraction of sp³-hybridized carbons (Fsp3) is 0.400. The van der Waals surface area contributed by atoms with Gasteiger partial charge in [-0.15, -0.1) is 0 Å². The van der Waals surface area contributed by atoms with Gasteiger partial charge in [-0.25, -0.2) is 0 Å². The largest absolute Gasteiger partial charge is 0.497 e. The molecule has 0 N–H and O–H groups in total. The minimum Gasteiger partial charge on any atom is -0.497 e. The second-order valence-electron chi connectivity index (χ2n) is 3.04. The summed E-state index contributed by atoms with van der Waals surface area (Å²) < 4.78 is 6.22. The molecular formula is C10H13BrO. The summed E-state index contributed by atoms with van der Waals surface area (Å²) in [5.74, 6) is 1.44. The summed E-state index contributed by atoms with van der Waals surface area (Å²) in [5.41, 5.74) is 1.32. The van der Waals surface area contributed by atoms with Gasteiger partial charge in [-0.05, 0) is 23.6 Å². The van der Waals surface area contributed by atoms with Gasteiger partial charge in [0, 0.05) is 4.47 Å². The third kappa shape index (κ3) is 2.01. The molecule has 0 aliphatic carbocycles. The van der Waals surface area contributed by atoms with Gasteiger partial charge in [0.1, 0.15) is 5.75 Å². The molecule has 0 saturated heterocycles. The standard InChI is InChI=1S/C10H13BrO/c1-7(2)9-5-4-8(12-3)6-10(9)11/h4-7H,1-3H3. The van der Waals surface area contributed by atoms with Crippen LogP contribution in [0.1, 0.15) is 25.3 Å². The smallest absolute Gasteiger partial charge is 0.120 e. The quantitative estimate of drug-likeness (QED) is 0.753. The van der Waals surface area contributed by atoms with Crippen LogP contribution < -0.4 is 4.74 Å². The fourth-order valence-electron chi connectivity index (χ4n) is 1.10. The van der Waals surface area contributed by atoms with Gasteiger partial charge < -0.3 is 4.74 Å². The van der Waals surface area contributed by atoms with E-state index in [2.05, 4.69) is 35.8 Å². The molecule has 0 spiro atoms. The first-order valence-electron chi connectivity index (χ1n) is 3.98. The van der Waals surface area contributed by atoms with Gasteiger partial charge in [-0.3, -0.25) is 0 Å². The fourth-order valence-corrected chi connectivity index (χ4v) is 1.92. The predicted molar refractivity (Wildman–Crippen MR) is 54.8 cm³/mol. The molecule has 1 rings (SSSR count). The van der Waals surface area contributed by atoms with E-state index >= 15 is 0 Å². The zero-order valence-electron chi connectivity index (χ0n) is 7.60. The molecule has 0 unspecified atom stereocenters. The molecule has 0 aliphatic rings. The maximum absolute atomic E-state index is 5.10. The molecule has 0 aliphatic heterocycles. The molecule has 12 heavy (non-hydrogen) atoms. The van der Waals surface area contributed by atoms with E-state index < -0.39 is 0 Å². The molecule has 1 aromatic rings. The monoisotopic (exact) mass is 228 g/mol. The van der Waals surface area contributed by atoms with E-state index in [1.807, 2.05) is 12.1 Å². The summed E-state index contributed by atoms with van der Waals surface area (Å²) in [5, 5.41) is 0. The zero-order chi connectivity index (χ0) is 9.14. The summed E-state index contributed by atoms with van der Waals surface area (Å²) in [6.45, 7) is 4.35. The van der Waals surface area contributed by atoms with Crippen LogP contribution in [0.4, 0.5) is 0 Å². The minimum absolute atomic E-state index is 0.547. The lowest BCUT2D eigenvalue weighted by atomic mass is 10.0. The van der Waals surface area contributed by atoms with Crippen molar-refractivity contribution < 1.29 is 4.74 Å². The maximum atomic E-state index is 5.10. The molecule has 1 aromatic carbocycles. The number of methoxy groups -OCH3 is 1. The lowest BCUT2D eigenvalue weighted by molar-refractivity contribution is 0.414. The van der Waals surface area contributed by atoms with Gasteiger partial charge in [0.25, 0.3) is 0 Å². The van der Waals surface area contributed by atoms with Gasteiger partial charge >= 0.3 is 0 Å². The molecule has 0 fully saturated rings. The molecule has 66 valence electrons. The zero-order valence-corrected chi connectivity index (χ0v) is 9.18. The predicted octanol–water partition coefficient (Wildman–Crippen LogP) is 3.58. The number of benzene rings is 1. The van der Waals surface area contributed by atoms with Crippen LogP contribution in [0.3, 0.4) is 0 Å². The summed E-state index contributed by atoms with van der Waals surface area (Å²) >= 11 is 3.51. The van der Waals surface area contributed by atoms with E-state index in [9.17, 15) is 0 Å². The van der Waals surface area contributed by atoms with Crippen molar-refractivity contribution in [2.45, 2.75) is 19.8 Å². The molecule has 0 bridgehead atoms. The average Bonchev–Trinajstić information content (AvgIpc) is 2.03. The molecule has 0 heterocycles. The van der Waals surface area contributed by atoms with Gasteiger partial charge in [0.05, 0.1) is 7.11 Å². The Morgan fingerprint density at radius 2 is 2.00 bits per heavy atom. The van der Waals surface area contributed by atoms with Crippen molar-refractivity contribution in [2.75, 3.05) is 7.11 Å². The van der Waals surface area contributed by atoms with Crippen molar-refractivity contribution in [3.8, 4) is 5.75 Å². The highest BCUT2D eigenvalue weighted by Crippen LogP contribution is 2.28. The normalized spacial score (nSPS) is 10.4. The Balaban J connectivity index is 3.03. The third-order valence-electron chi connectivity index (χ3n) is 1.83. The van der Waals surface area contributed by atoms with Crippen LogP contribution in [0.15, 0.2) is 22.7 Å². The van der Waals surface area contributed by atoms with E-state index in [0.717, 1.165) is 10.2 Å². The highest BCUT2D eigenvalue weighted by atomic mass is 79.9. The Kier molecular flexibility index (Phi) is 3.15. The highest BCUT2D eigenvalue weighted by molar-refractivity contribution is 9.10. The van der Waals surface area contributed by atoms with E-state index in [4.69, 9.17) is 4.74 Å². The van der Waals surface area contributed by atoms with Gasteiger partial charge in [0.2, 0.25) is 0 Å². The van der Waals surface area contributed by atoms with Crippen molar-refractivity contribution in [1.29, 1.82) is 0 Å². The first kappa shape index (κ1) is 9.59. The SMILES string of the molecule is COc1ccc(C(C)C)c(Br)c1. The summed E-state index contributed by atoms with van der Waals surface area (Å²) in [6.07, 6.45) is 0. The van der Waals surface area contributed by atoms with Crippen molar-refractivity contribution in [3.63, 3.8) is 0 Å². The number of rotatable bonds is 2. The van der Waals surface area contributed by atoms with Gasteiger partial charge in [0.15, 0.2) is 0 Å². The van der Waals surface area contributed by atoms with Gasteiger partial charge in [-0.1, -0.05) is 35.8 Å². The van der Waals surface area contributed by atoms with Crippen LogP contribution in [0.25, 0.3) is 0 Å². The van der Waals surface area contributed by atoms with E-state index in [-0.39, 0.29) is 0 Å². The van der Waals surface area contributed by atoms with Crippen LogP contribution in [0.2, 0.25) is 0 Å². The molecule has 0 saturated carbocycles. The van der Waals surface area contributed by atoms with Gasteiger partial charge in [-0.2, -0.15) is 0 Å². The topological polar surface area (TPSA) is 9.23 Å². The Morgan fingerprint density at radius 1 is 1.33 bits per heavy atom. The molecular weight excluding hydrogens is 216 g/mol. The van der Waals surface area contributed by atoms with Crippen LogP contribution in [-0.2, 0) is 0 Å². The van der Waals surface area contributed by atoms with E-state index in [1.165, 1.54) is 5.56 Å². The van der Waals surface area contributed by atoms with Crippen molar-refractivity contribution in [3.05, 3.63) is 28.2 Å². The Bertz CT molecular complexity index is 269. The Morgan fingerprint density at radius 3 is 2.42 bits per heavy atom. The molecule has 0 atom stereocenters. The average molecular weight is 229 g/mol. The lowest BCUT2D eigenvalue weighted by Crippen LogP contribution is -1.90. The van der Waals surface area contributed by atoms with Crippen molar-refractivity contribution in [2.24, 2.45) is 0 Å². The van der Waals surface area contributed by atoms with Crippen molar-refractivity contribution >= 4 is 15.9 Å². The van der Waals surface area contributed by atoms with Crippen LogP contribution in [0.5, 0.6) is 5.75 Å². The number of ether oxygens (including phenoxy) is 1. The van der Waals surface area contributed by atoms with Crippen molar-refractivity contribution in [1.82, 2.24) is 0 Å². The second-order valence-corrected chi connectivity index (χ2v) is 3.90.